The van der Waals surface area contributed by atoms with Gasteiger partial charge in [-0.25, -0.2) is 15.0 Å². The molecule has 2 aromatic rings. The Hall–Kier alpha value is -1.49. The molecule has 0 aromatic carbocycles. The second-order valence-electron chi connectivity index (χ2n) is 5.51. The summed E-state index contributed by atoms with van der Waals surface area (Å²) < 4.78 is 0.761. The van der Waals surface area contributed by atoms with Crippen LogP contribution in [0.15, 0.2) is 22.7 Å². The molecule has 2 N–H and O–H groups in total. The third-order valence-electron chi connectivity index (χ3n) is 2.70. The van der Waals surface area contributed by atoms with Crippen LogP contribution >= 0.6 is 15.9 Å². The fourth-order valence-corrected chi connectivity index (χ4v) is 2.52. The van der Waals surface area contributed by atoms with Crippen LogP contribution in [0.3, 0.4) is 0 Å². The molecule has 0 amide bonds. The molecule has 100 valence electrons. The van der Waals surface area contributed by atoms with Crippen molar-refractivity contribution in [2.75, 3.05) is 5.73 Å². The Bertz CT molecular complexity index is 617. The van der Waals surface area contributed by atoms with Crippen molar-refractivity contribution in [3.8, 4) is 11.5 Å². The molecule has 0 unspecified atom stereocenters. The first kappa shape index (κ1) is 13.9. The van der Waals surface area contributed by atoms with E-state index in [1.165, 1.54) is 0 Å². The Balaban J connectivity index is 2.63. The monoisotopic (exact) mass is 320 g/mol. The molecule has 2 aromatic heterocycles. The summed E-state index contributed by atoms with van der Waals surface area (Å²) in [6.45, 7) is 8.21. The number of aromatic nitrogens is 3. The summed E-state index contributed by atoms with van der Waals surface area (Å²) in [5.74, 6) is 1.01. The van der Waals surface area contributed by atoms with E-state index >= 15 is 0 Å². The van der Waals surface area contributed by atoms with E-state index in [0.717, 1.165) is 21.6 Å². The van der Waals surface area contributed by atoms with E-state index in [1.54, 1.807) is 0 Å². The van der Waals surface area contributed by atoms with Gasteiger partial charge in [-0.2, -0.15) is 0 Å². The molecule has 0 atom stereocenters. The first-order chi connectivity index (χ1) is 8.79. The predicted molar refractivity (Wildman–Crippen MR) is 80.8 cm³/mol. The number of nitrogens with zero attached hydrogens (tertiary/aromatic N) is 3. The number of aryl methyl sites for hydroxylation is 1. The summed E-state index contributed by atoms with van der Waals surface area (Å²) in [6.07, 6.45) is 0. The molecule has 0 spiro atoms. The third-order valence-corrected chi connectivity index (χ3v) is 3.49. The van der Waals surface area contributed by atoms with Crippen LogP contribution in [0.25, 0.3) is 11.5 Å². The largest absolute Gasteiger partial charge is 0.383 e. The number of anilines is 1. The lowest BCUT2D eigenvalue weighted by atomic mass is 9.92. The molecular weight excluding hydrogens is 304 g/mol. The fraction of sp³-hybridized carbons (Fsp3) is 0.357. The van der Waals surface area contributed by atoms with Gasteiger partial charge in [0.1, 0.15) is 11.5 Å². The van der Waals surface area contributed by atoms with Crippen LogP contribution in [0.1, 0.15) is 32.2 Å². The molecule has 0 fully saturated rings. The van der Waals surface area contributed by atoms with Gasteiger partial charge in [-0.1, -0.05) is 26.8 Å². The van der Waals surface area contributed by atoms with Gasteiger partial charge < -0.3 is 5.73 Å². The van der Waals surface area contributed by atoms with Crippen LogP contribution in [0.5, 0.6) is 0 Å². The summed E-state index contributed by atoms with van der Waals surface area (Å²) in [6, 6.07) is 5.77. The Labute approximate surface area is 121 Å². The van der Waals surface area contributed by atoms with Gasteiger partial charge in [-0.3, -0.25) is 0 Å². The Morgan fingerprint density at radius 1 is 1.11 bits per heavy atom. The normalized spacial score (nSPS) is 11.6. The van der Waals surface area contributed by atoms with Gasteiger partial charge in [0.25, 0.3) is 0 Å². The molecular formula is C14H17BrN4. The summed E-state index contributed by atoms with van der Waals surface area (Å²) in [4.78, 5) is 13.4. The number of rotatable bonds is 1. The van der Waals surface area contributed by atoms with Crippen molar-refractivity contribution in [3.05, 3.63) is 34.1 Å². The average Bonchev–Trinajstić information content (AvgIpc) is 2.31. The second kappa shape index (κ2) is 4.89. The minimum Gasteiger partial charge on any atom is -0.383 e. The lowest BCUT2D eigenvalue weighted by molar-refractivity contribution is 0.564. The molecule has 0 aliphatic rings. The SMILES string of the molecule is Cc1cccc(-c2nc(N)c(Br)c(C(C)(C)C)n2)n1. The highest BCUT2D eigenvalue weighted by molar-refractivity contribution is 9.10. The molecule has 0 saturated heterocycles. The van der Waals surface area contributed by atoms with Crippen molar-refractivity contribution < 1.29 is 0 Å². The quantitative estimate of drug-likeness (QED) is 0.873. The first-order valence-corrected chi connectivity index (χ1v) is 6.86. The van der Waals surface area contributed by atoms with E-state index in [4.69, 9.17) is 5.73 Å². The van der Waals surface area contributed by atoms with Crippen LogP contribution in [0, 0.1) is 6.92 Å². The highest BCUT2D eigenvalue weighted by Crippen LogP contribution is 2.32. The van der Waals surface area contributed by atoms with Crippen LogP contribution in [0.4, 0.5) is 5.82 Å². The molecule has 5 heteroatoms. The number of nitrogens with two attached hydrogens (primary N) is 1. The summed E-state index contributed by atoms with van der Waals surface area (Å²) in [5, 5.41) is 0. The van der Waals surface area contributed by atoms with Crippen LogP contribution in [0.2, 0.25) is 0 Å². The maximum Gasteiger partial charge on any atom is 0.180 e. The zero-order valence-corrected chi connectivity index (χ0v) is 13.1. The average molecular weight is 321 g/mol. The van der Waals surface area contributed by atoms with Gasteiger partial charge in [0, 0.05) is 11.1 Å². The van der Waals surface area contributed by atoms with Gasteiger partial charge in [0.05, 0.1) is 10.2 Å². The standard InChI is InChI=1S/C14H17BrN4/c1-8-6-5-7-9(17-8)13-18-11(14(2,3)4)10(15)12(16)19-13/h5-7H,1-4H3,(H2,16,18,19). The van der Waals surface area contributed by atoms with E-state index in [9.17, 15) is 0 Å². The molecule has 4 nitrogen and oxygen atoms in total. The molecule has 19 heavy (non-hydrogen) atoms. The number of hydrogen-bond acceptors (Lipinski definition) is 4. The summed E-state index contributed by atoms with van der Waals surface area (Å²) in [5.41, 5.74) is 8.41. The van der Waals surface area contributed by atoms with Crippen molar-refractivity contribution >= 4 is 21.7 Å². The maximum absolute atomic E-state index is 5.97. The first-order valence-electron chi connectivity index (χ1n) is 6.06. The fourth-order valence-electron chi connectivity index (χ4n) is 1.74. The molecule has 0 aliphatic carbocycles. The minimum absolute atomic E-state index is 0.117. The minimum atomic E-state index is -0.117. The predicted octanol–water partition coefficient (Wildman–Crippen LogP) is 3.49. The van der Waals surface area contributed by atoms with E-state index in [1.807, 2.05) is 25.1 Å². The summed E-state index contributed by atoms with van der Waals surface area (Å²) in [7, 11) is 0. The van der Waals surface area contributed by atoms with Gasteiger partial charge in [0.2, 0.25) is 0 Å². The van der Waals surface area contributed by atoms with Crippen molar-refractivity contribution in [1.82, 2.24) is 15.0 Å². The van der Waals surface area contributed by atoms with Gasteiger partial charge in [-0.15, -0.1) is 0 Å². The van der Waals surface area contributed by atoms with Crippen LogP contribution in [-0.4, -0.2) is 15.0 Å². The third kappa shape index (κ3) is 2.92. The van der Waals surface area contributed by atoms with Gasteiger partial charge >= 0.3 is 0 Å². The zero-order valence-electron chi connectivity index (χ0n) is 11.5. The van der Waals surface area contributed by atoms with Crippen molar-refractivity contribution in [2.24, 2.45) is 0 Å². The molecule has 0 aliphatic heterocycles. The summed E-state index contributed by atoms with van der Waals surface area (Å²) >= 11 is 3.47. The Kier molecular flexibility index (Phi) is 3.58. The maximum atomic E-state index is 5.97. The molecule has 0 saturated carbocycles. The number of pyridine rings is 1. The number of halogens is 1. The number of nitrogen functional groups attached to an aromatic ring is 1. The second-order valence-corrected chi connectivity index (χ2v) is 6.30. The molecule has 0 bridgehead atoms. The Morgan fingerprint density at radius 3 is 2.37 bits per heavy atom. The van der Waals surface area contributed by atoms with E-state index < -0.39 is 0 Å². The topological polar surface area (TPSA) is 64.7 Å². The molecule has 0 radical (unpaired) electrons. The lowest BCUT2D eigenvalue weighted by Crippen LogP contribution is -2.17. The molecule has 2 heterocycles. The van der Waals surface area contributed by atoms with E-state index in [0.29, 0.717) is 11.6 Å². The van der Waals surface area contributed by atoms with Crippen LogP contribution < -0.4 is 5.73 Å². The van der Waals surface area contributed by atoms with Crippen LogP contribution in [-0.2, 0) is 5.41 Å². The van der Waals surface area contributed by atoms with E-state index in [-0.39, 0.29) is 5.41 Å². The molecule has 2 rings (SSSR count). The highest BCUT2D eigenvalue weighted by Gasteiger charge is 2.23. The van der Waals surface area contributed by atoms with Crippen molar-refractivity contribution in [3.63, 3.8) is 0 Å². The van der Waals surface area contributed by atoms with E-state index in [2.05, 4.69) is 51.7 Å². The van der Waals surface area contributed by atoms with Gasteiger partial charge in [0.15, 0.2) is 5.82 Å². The highest BCUT2D eigenvalue weighted by atomic mass is 79.9. The zero-order chi connectivity index (χ0) is 14.2. The van der Waals surface area contributed by atoms with Crippen molar-refractivity contribution in [2.45, 2.75) is 33.1 Å². The Morgan fingerprint density at radius 2 is 1.79 bits per heavy atom. The smallest absolute Gasteiger partial charge is 0.180 e. The van der Waals surface area contributed by atoms with Gasteiger partial charge in [-0.05, 0) is 35.0 Å². The number of hydrogen-bond donors (Lipinski definition) is 1. The lowest BCUT2D eigenvalue weighted by Gasteiger charge is -2.20. The van der Waals surface area contributed by atoms with Crippen molar-refractivity contribution in [1.29, 1.82) is 0 Å².